The van der Waals surface area contributed by atoms with E-state index in [2.05, 4.69) is 16.5 Å². The summed E-state index contributed by atoms with van der Waals surface area (Å²) in [4.78, 5) is 4.57. The summed E-state index contributed by atoms with van der Waals surface area (Å²) in [6, 6.07) is 3.88. The predicted molar refractivity (Wildman–Crippen MR) is 80.7 cm³/mol. The van der Waals surface area contributed by atoms with E-state index in [0.717, 1.165) is 35.6 Å². The van der Waals surface area contributed by atoms with Gasteiger partial charge in [-0.15, -0.1) is 11.6 Å². The number of imidazole rings is 1. The van der Waals surface area contributed by atoms with Crippen LogP contribution in [0.4, 0.5) is 4.39 Å². The van der Waals surface area contributed by atoms with E-state index >= 15 is 0 Å². The Bertz CT molecular complexity index is 647. The molecule has 20 heavy (non-hydrogen) atoms. The SMILES string of the molecule is Cc1cc2c(cc1F)nc(C(C)Cl)n2C1CCC(C)C1. The van der Waals surface area contributed by atoms with Crippen LogP contribution < -0.4 is 0 Å². The van der Waals surface area contributed by atoms with Crippen molar-refractivity contribution in [3.05, 3.63) is 29.3 Å². The third-order valence-electron chi connectivity index (χ3n) is 4.39. The van der Waals surface area contributed by atoms with Gasteiger partial charge in [-0.25, -0.2) is 9.37 Å². The van der Waals surface area contributed by atoms with E-state index in [4.69, 9.17) is 11.6 Å². The fourth-order valence-corrected chi connectivity index (χ4v) is 3.47. The molecule has 0 N–H and O–H groups in total. The first kappa shape index (κ1) is 13.9. The molecule has 2 nitrogen and oxygen atoms in total. The smallest absolute Gasteiger partial charge is 0.128 e. The Morgan fingerprint density at radius 1 is 1.40 bits per heavy atom. The summed E-state index contributed by atoms with van der Waals surface area (Å²) < 4.78 is 16.0. The molecule has 1 aromatic heterocycles. The Morgan fingerprint density at radius 3 is 2.75 bits per heavy atom. The summed E-state index contributed by atoms with van der Waals surface area (Å²) in [6.07, 6.45) is 3.54. The fourth-order valence-electron chi connectivity index (χ4n) is 3.31. The number of alkyl halides is 1. The lowest BCUT2D eigenvalue weighted by Gasteiger charge is -2.18. The summed E-state index contributed by atoms with van der Waals surface area (Å²) >= 11 is 6.30. The van der Waals surface area contributed by atoms with Crippen molar-refractivity contribution in [1.29, 1.82) is 0 Å². The minimum absolute atomic E-state index is 0.165. The lowest BCUT2D eigenvalue weighted by Crippen LogP contribution is -2.10. The molecule has 3 rings (SSSR count). The van der Waals surface area contributed by atoms with Crippen molar-refractivity contribution in [2.24, 2.45) is 5.92 Å². The summed E-state index contributed by atoms with van der Waals surface area (Å²) in [5.41, 5.74) is 2.40. The van der Waals surface area contributed by atoms with Crippen LogP contribution in [0.15, 0.2) is 12.1 Å². The molecule has 1 fully saturated rings. The molecule has 1 aliphatic rings. The Labute approximate surface area is 123 Å². The first-order valence-electron chi connectivity index (χ1n) is 7.29. The highest BCUT2D eigenvalue weighted by molar-refractivity contribution is 6.20. The van der Waals surface area contributed by atoms with Gasteiger partial charge in [-0.05, 0) is 50.7 Å². The van der Waals surface area contributed by atoms with Gasteiger partial charge in [-0.1, -0.05) is 6.92 Å². The van der Waals surface area contributed by atoms with E-state index in [1.807, 2.05) is 13.0 Å². The number of aromatic nitrogens is 2. The van der Waals surface area contributed by atoms with Gasteiger partial charge in [0.05, 0.1) is 16.4 Å². The van der Waals surface area contributed by atoms with Crippen LogP contribution in [0.5, 0.6) is 0 Å². The number of halogens is 2. The highest BCUT2D eigenvalue weighted by atomic mass is 35.5. The highest BCUT2D eigenvalue weighted by Gasteiger charge is 2.28. The number of benzene rings is 1. The van der Waals surface area contributed by atoms with Crippen LogP contribution in [0.2, 0.25) is 0 Å². The van der Waals surface area contributed by atoms with Crippen molar-refractivity contribution >= 4 is 22.6 Å². The summed E-state index contributed by atoms with van der Waals surface area (Å²) in [7, 11) is 0. The maximum absolute atomic E-state index is 13.7. The number of rotatable bonds is 2. The Hall–Kier alpha value is -1.09. The van der Waals surface area contributed by atoms with Crippen LogP contribution in [0, 0.1) is 18.7 Å². The normalized spacial score (nSPS) is 24.4. The first-order chi connectivity index (χ1) is 9.47. The third-order valence-corrected chi connectivity index (χ3v) is 4.58. The van der Waals surface area contributed by atoms with Crippen LogP contribution in [0.1, 0.15) is 55.9 Å². The number of hydrogen-bond donors (Lipinski definition) is 0. The van der Waals surface area contributed by atoms with E-state index in [9.17, 15) is 4.39 Å². The van der Waals surface area contributed by atoms with Gasteiger partial charge in [0, 0.05) is 12.1 Å². The quantitative estimate of drug-likeness (QED) is 0.701. The molecule has 1 aliphatic carbocycles. The molecule has 0 bridgehead atoms. The van der Waals surface area contributed by atoms with Gasteiger partial charge in [0.2, 0.25) is 0 Å². The molecule has 1 aromatic carbocycles. The van der Waals surface area contributed by atoms with Gasteiger partial charge in [0.25, 0.3) is 0 Å². The molecule has 0 aliphatic heterocycles. The average molecular weight is 295 g/mol. The number of nitrogens with zero attached hydrogens (tertiary/aromatic N) is 2. The molecule has 0 radical (unpaired) electrons. The molecule has 2 aromatic rings. The lowest BCUT2D eigenvalue weighted by molar-refractivity contribution is 0.488. The average Bonchev–Trinajstić information content (AvgIpc) is 2.94. The maximum atomic E-state index is 13.7. The number of hydrogen-bond acceptors (Lipinski definition) is 1. The Balaban J connectivity index is 2.21. The van der Waals surface area contributed by atoms with Gasteiger partial charge in [-0.3, -0.25) is 0 Å². The van der Waals surface area contributed by atoms with Crippen LogP contribution >= 0.6 is 11.6 Å². The minimum Gasteiger partial charge on any atom is -0.324 e. The monoisotopic (exact) mass is 294 g/mol. The largest absolute Gasteiger partial charge is 0.324 e. The fraction of sp³-hybridized carbons (Fsp3) is 0.562. The van der Waals surface area contributed by atoms with Crippen LogP contribution in [-0.2, 0) is 0 Å². The van der Waals surface area contributed by atoms with Crippen molar-refractivity contribution < 1.29 is 4.39 Å². The standard InChI is InChI=1S/C16H20ClFN2/c1-9-4-5-12(6-9)20-15-7-10(2)13(18)8-14(15)19-16(20)11(3)17/h7-9,11-12H,4-6H2,1-3H3. The molecule has 0 saturated heterocycles. The van der Waals surface area contributed by atoms with Gasteiger partial charge < -0.3 is 4.57 Å². The Morgan fingerprint density at radius 2 is 2.15 bits per heavy atom. The number of aryl methyl sites for hydroxylation is 1. The van der Waals surface area contributed by atoms with Gasteiger partial charge in [0.1, 0.15) is 11.6 Å². The Kier molecular flexibility index (Phi) is 3.49. The molecule has 1 heterocycles. The second-order valence-electron chi connectivity index (χ2n) is 6.12. The number of fused-ring (bicyclic) bond motifs is 1. The molecule has 0 amide bonds. The first-order valence-corrected chi connectivity index (χ1v) is 7.73. The third kappa shape index (κ3) is 2.22. The van der Waals surface area contributed by atoms with E-state index < -0.39 is 0 Å². The highest BCUT2D eigenvalue weighted by Crippen LogP contribution is 2.39. The second-order valence-corrected chi connectivity index (χ2v) is 6.77. The van der Waals surface area contributed by atoms with Crippen molar-refractivity contribution in [2.75, 3.05) is 0 Å². The van der Waals surface area contributed by atoms with Gasteiger partial charge >= 0.3 is 0 Å². The van der Waals surface area contributed by atoms with Crippen molar-refractivity contribution in [3.63, 3.8) is 0 Å². The minimum atomic E-state index is -0.198. The van der Waals surface area contributed by atoms with E-state index in [1.54, 1.807) is 6.92 Å². The van der Waals surface area contributed by atoms with Crippen molar-refractivity contribution in [1.82, 2.24) is 9.55 Å². The molecule has 3 unspecified atom stereocenters. The molecule has 1 saturated carbocycles. The van der Waals surface area contributed by atoms with E-state index in [-0.39, 0.29) is 11.2 Å². The van der Waals surface area contributed by atoms with E-state index in [0.29, 0.717) is 11.6 Å². The molecule has 4 heteroatoms. The van der Waals surface area contributed by atoms with Gasteiger partial charge in [-0.2, -0.15) is 0 Å². The van der Waals surface area contributed by atoms with Crippen LogP contribution in [0.3, 0.4) is 0 Å². The van der Waals surface area contributed by atoms with Crippen molar-refractivity contribution in [3.8, 4) is 0 Å². The zero-order valence-corrected chi connectivity index (χ0v) is 12.9. The summed E-state index contributed by atoms with van der Waals surface area (Å²) in [6.45, 7) is 6.02. The van der Waals surface area contributed by atoms with E-state index in [1.165, 1.54) is 12.5 Å². The molecule has 3 atom stereocenters. The van der Waals surface area contributed by atoms with Crippen molar-refractivity contribution in [2.45, 2.75) is 51.5 Å². The second kappa shape index (κ2) is 5.03. The molecule has 108 valence electrons. The zero-order chi connectivity index (χ0) is 14.4. The van der Waals surface area contributed by atoms with Crippen LogP contribution in [0.25, 0.3) is 11.0 Å². The maximum Gasteiger partial charge on any atom is 0.128 e. The lowest BCUT2D eigenvalue weighted by atomic mass is 10.1. The molecule has 0 spiro atoms. The summed E-state index contributed by atoms with van der Waals surface area (Å²) in [5, 5.41) is -0.165. The predicted octanol–water partition coefficient (Wildman–Crippen LogP) is 5.14. The van der Waals surface area contributed by atoms with Crippen LogP contribution in [-0.4, -0.2) is 9.55 Å². The van der Waals surface area contributed by atoms with Gasteiger partial charge in [0.15, 0.2) is 0 Å². The summed E-state index contributed by atoms with van der Waals surface area (Å²) in [5.74, 6) is 1.40. The molecular weight excluding hydrogens is 275 g/mol. The zero-order valence-electron chi connectivity index (χ0n) is 12.2. The topological polar surface area (TPSA) is 17.8 Å². The molecular formula is C16H20ClFN2.